The largest absolute Gasteiger partial charge is 0.352 e. The lowest BCUT2D eigenvalue weighted by Gasteiger charge is -1.95. The van der Waals surface area contributed by atoms with E-state index in [1.807, 2.05) is 30.3 Å². The molecule has 1 nitrogen and oxygen atoms in total. The van der Waals surface area contributed by atoms with E-state index in [-0.39, 0.29) is 5.60 Å². The standard InChI is InChI=1S/C13H12O/c1-2-5-11(6-3-1)8-10-13-9-4-7-12(13)14-13/h1-3,5-6,12H,4,7,9H2/t12-,13-/m0/s1. The highest BCUT2D eigenvalue weighted by molar-refractivity contribution is 5.39. The Morgan fingerprint density at radius 2 is 2.14 bits per heavy atom. The molecule has 3 rings (SSSR count). The molecule has 1 heteroatoms. The van der Waals surface area contributed by atoms with Crippen LogP contribution < -0.4 is 0 Å². The maximum Gasteiger partial charge on any atom is 0.155 e. The Balaban J connectivity index is 1.82. The molecular formula is C13H12O. The van der Waals surface area contributed by atoms with Crippen LogP contribution >= 0.6 is 0 Å². The van der Waals surface area contributed by atoms with Crippen LogP contribution in [0, 0.1) is 11.8 Å². The Morgan fingerprint density at radius 1 is 1.29 bits per heavy atom. The molecule has 0 aromatic heterocycles. The van der Waals surface area contributed by atoms with Crippen LogP contribution in [-0.4, -0.2) is 11.7 Å². The highest BCUT2D eigenvalue weighted by atomic mass is 16.6. The third-order valence-electron chi connectivity index (χ3n) is 3.02. The Kier molecular flexibility index (Phi) is 1.65. The molecule has 2 atom stereocenters. The highest BCUT2D eigenvalue weighted by Crippen LogP contribution is 2.49. The van der Waals surface area contributed by atoms with Crippen LogP contribution in [-0.2, 0) is 4.74 Å². The first-order valence-electron chi connectivity index (χ1n) is 5.15. The zero-order valence-corrected chi connectivity index (χ0v) is 7.99. The number of benzene rings is 1. The fourth-order valence-corrected chi connectivity index (χ4v) is 2.15. The van der Waals surface area contributed by atoms with Crippen molar-refractivity contribution >= 4 is 0 Å². The van der Waals surface area contributed by atoms with Crippen LogP contribution in [0.3, 0.4) is 0 Å². The summed E-state index contributed by atoms with van der Waals surface area (Å²) >= 11 is 0. The van der Waals surface area contributed by atoms with E-state index in [2.05, 4.69) is 11.8 Å². The number of ether oxygens (including phenoxy) is 1. The normalized spacial score (nSPS) is 33.0. The minimum absolute atomic E-state index is 0.0458. The van der Waals surface area contributed by atoms with Gasteiger partial charge >= 0.3 is 0 Å². The molecule has 70 valence electrons. The molecule has 0 N–H and O–H groups in total. The van der Waals surface area contributed by atoms with Crippen molar-refractivity contribution in [2.75, 3.05) is 0 Å². The van der Waals surface area contributed by atoms with Gasteiger partial charge in [-0.3, -0.25) is 0 Å². The summed E-state index contributed by atoms with van der Waals surface area (Å²) in [5.41, 5.74) is 1.04. The van der Waals surface area contributed by atoms with Gasteiger partial charge in [0.2, 0.25) is 0 Å². The Morgan fingerprint density at radius 3 is 2.79 bits per heavy atom. The molecule has 2 aliphatic rings. The summed E-state index contributed by atoms with van der Waals surface area (Å²) in [7, 11) is 0. The molecule has 1 aromatic rings. The summed E-state index contributed by atoms with van der Waals surface area (Å²) in [6.07, 6.45) is 4.04. The molecule has 14 heavy (non-hydrogen) atoms. The van der Waals surface area contributed by atoms with Gasteiger partial charge in [0.05, 0.1) is 6.10 Å². The SMILES string of the molecule is C(#C[C@@]12CCC[C@@H]1O2)c1ccccc1. The summed E-state index contributed by atoms with van der Waals surface area (Å²) in [6, 6.07) is 10.1. The van der Waals surface area contributed by atoms with Gasteiger partial charge in [-0.25, -0.2) is 0 Å². The zero-order valence-electron chi connectivity index (χ0n) is 7.99. The summed E-state index contributed by atoms with van der Waals surface area (Å²) in [5.74, 6) is 6.47. The fourth-order valence-electron chi connectivity index (χ4n) is 2.15. The first-order valence-corrected chi connectivity index (χ1v) is 5.15. The monoisotopic (exact) mass is 184 g/mol. The van der Waals surface area contributed by atoms with Crippen LogP contribution in [0.2, 0.25) is 0 Å². The molecule has 0 radical (unpaired) electrons. The molecule has 2 fully saturated rings. The smallest absolute Gasteiger partial charge is 0.155 e. The van der Waals surface area contributed by atoms with Crippen molar-refractivity contribution in [3.8, 4) is 11.8 Å². The van der Waals surface area contributed by atoms with E-state index in [1.165, 1.54) is 12.8 Å². The second-order valence-electron chi connectivity index (χ2n) is 4.00. The highest BCUT2D eigenvalue weighted by Gasteiger charge is 2.58. The lowest BCUT2D eigenvalue weighted by molar-refractivity contribution is 0.290. The van der Waals surface area contributed by atoms with Crippen molar-refractivity contribution in [2.24, 2.45) is 0 Å². The molecule has 1 saturated heterocycles. The molecule has 1 aliphatic heterocycles. The predicted molar refractivity (Wildman–Crippen MR) is 54.8 cm³/mol. The van der Waals surface area contributed by atoms with Gasteiger partial charge in [0.25, 0.3) is 0 Å². The second-order valence-corrected chi connectivity index (χ2v) is 4.00. The van der Waals surface area contributed by atoms with Crippen LogP contribution in [0.5, 0.6) is 0 Å². The molecule has 1 saturated carbocycles. The lowest BCUT2D eigenvalue weighted by Crippen LogP contribution is -2.04. The van der Waals surface area contributed by atoms with E-state index in [9.17, 15) is 0 Å². The third kappa shape index (κ3) is 1.23. The van der Waals surface area contributed by atoms with Gasteiger partial charge in [0.15, 0.2) is 5.60 Å². The van der Waals surface area contributed by atoms with E-state index >= 15 is 0 Å². The van der Waals surface area contributed by atoms with Crippen molar-refractivity contribution in [2.45, 2.75) is 31.0 Å². The van der Waals surface area contributed by atoms with Crippen LogP contribution in [0.25, 0.3) is 0 Å². The van der Waals surface area contributed by atoms with E-state index < -0.39 is 0 Å². The average molecular weight is 184 g/mol. The molecule has 0 bridgehead atoms. The van der Waals surface area contributed by atoms with Crippen molar-refractivity contribution in [3.05, 3.63) is 35.9 Å². The van der Waals surface area contributed by atoms with Gasteiger partial charge in [-0.1, -0.05) is 30.0 Å². The van der Waals surface area contributed by atoms with Crippen LogP contribution in [0.4, 0.5) is 0 Å². The molecule has 1 aromatic carbocycles. The zero-order chi connectivity index (χ0) is 9.43. The van der Waals surface area contributed by atoms with Crippen LogP contribution in [0.15, 0.2) is 30.3 Å². The van der Waals surface area contributed by atoms with Crippen molar-refractivity contribution < 1.29 is 4.74 Å². The van der Waals surface area contributed by atoms with Gasteiger partial charge in [0, 0.05) is 5.56 Å². The van der Waals surface area contributed by atoms with E-state index in [0.29, 0.717) is 6.10 Å². The first kappa shape index (κ1) is 8.08. The van der Waals surface area contributed by atoms with Gasteiger partial charge in [-0.15, -0.1) is 0 Å². The number of rotatable bonds is 0. The quantitative estimate of drug-likeness (QED) is 0.445. The Labute approximate surface area is 84.1 Å². The van der Waals surface area contributed by atoms with E-state index in [0.717, 1.165) is 12.0 Å². The van der Waals surface area contributed by atoms with Gasteiger partial charge in [0.1, 0.15) is 0 Å². The summed E-state index contributed by atoms with van der Waals surface area (Å²) in [4.78, 5) is 0. The average Bonchev–Trinajstić information content (AvgIpc) is 2.80. The summed E-state index contributed by atoms with van der Waals surface area (Å²) < 4.78 is 5.59. The first-order chi connectivity index (χ1) is 6.89. The topological polar surface area (TPSA) is 12.5 Å². The second kappa shape index (κ2) is 2.87. The number of hydrogen-bond donors (Lipinski definition) is 0. The maximum atomic E-state index is 5.59. The van der Waals surface area contributed by atoms with Crippen molar-refractivity contribution in [1.82, 2.24) is 0 Å². The third-order valence-corrected chi connectivity index (χ3v) is 3.02. The van der Waals surface area contributed by atoms with Gasteiger partial charge < -0.3 is 4.74 Å². The Hall–Kier alpha value is -1.26. The molecule has 0 spiro atoms. The molecule has 1 heterocycles. The van der Waals surface area contributed by atoms with Crippen LogP contribution in [0.1, 0.15) is 24.8 Å². The number of epoxide rings is 1. The minimum atomic E-state index is -0.0458. The van der Waals surface area contributed by atoms with Gasteiger partial charge in [-0.05, 0) is 31.4 Å². The predicted octanol–water partition coefficient (Wildman–Crippen LogP) is 2.36. The van der Waals surface area contributed by atoms with Gasteiger partial charge in [-0.2, -0.15) is 0 Å². The van der Waals surface area contributed by atoms with E-state index in [4.69, 9.17) is 4.74 Å². The Bertz CT molecular complexity index is 398. The number of hydrogen-bond acceptors (Lipinski definition) is 1. The number of fused-ring (bicyclic) bond motifs is 1. The maximum absolute atomic E-state index is 5.59. The summed E-state index contributed by atoms with van der Waals surface area (Å²) in [6.45, 7) is 0. The fraction of sp³-hybridized carbons (Fsp3) is 0.385. The molecule has 0 amide bonds. The molecule has 0 unspecified atom stereocenters. The summed E-state index contributed by atoms with van der Waals surface area (Å²) in [5, 5.41) is 0. The van der Waals surface area contributed by atoms with Crippen molar-refractivity contribution in [3.63, 3.8) is 0 Å². The molecule has 1 aliphatic carbocycles. The minimum Gasteiger partial charge on any atom is -0.352 e. The van der Waals surface area contributed by atoms with E-state index in [1.54, 1.807) is 0 Å². The van der Waals surface area contributed by atoms with Crippen molar-refractivity contribution in [1.29, 1.82) is 0 Å². The molecular weight excluding hydrogens is 172 g/mol. The lowest BCUT2D eigenvalue weighted by atomic mass is 10.1.